The fraction of sp³-hybridized carbons (Fsp3) is 0.714. The summed E-state index contributed by atoms with van der Waals surface area (Å²) in [5, 5.41) is 25.3. The van der Waals surface area contributed by atoms with Crippen molar-refractivity contribution >= 4 is 0 Å². The molecule has 0 bridgehead atoms. The zero-order valence-corrected chi connectivity index (χ0v) is 6.49. The summed E-state index contributed by atoms with van der Waals surface area (Å²) in [5.74, 6) is 0. The van der Waals surface area contributed by atoms with E-state index in [0.717, 1.165) is 0 Å². The van der Waals surface area contributed by atoms with Crippen LogP contribution < -0.4 is 0 Å². The molecule has 0 fully saturated rings. The van der Waals surface area contributed by atoms with Gasteiger partial charge in [-0.15, -0.1) is 0 Å². The van der Waals surface area contributed by atoms with Crippen LogP contribution in [0.1, 0.15) is 6.92 Å². The van der Waals surface area contributed by atoms with E-state index in [-0.39, 0.29) is 19.2 Å². The van der Waals surface area contributed by atoms with Crippen LogP contribution in [0, 0.1) is 22.7 Å². The first-order valence-electron chi connectivity index (χ1n) is 3.37. The van der Waals surface area contributed by atoms with Crippen molar-refractivity contribution in [3.63, 3.8) is 0 Å². The SMILES string of the molecule is CC(C#N)N(CC#N)CCO. The van der Waals surface area contributed by atoms with E-state index in [1.54, 1.807) is 11.8 Å². The molecule has 0 amide bonds. The van der Waals surface area contributed by atoms with E-state index in [4.69, 9.17) is 15.6 Å². The molecule has 0 rings (SSSR count). The van der Waals surface area contributed by atoms with Gasteiger partial charge in [-0.1, -0.05) is 0 Å². The maximum absolute atomic E-state index is 8.55. The smallest absolute Gasteiger partial charge is 0.0958 e. The molecule has 0 aliphatic carbocycles. The van der Waals surface area contributed by atoms with Crippen molar-refractivity contribution in [3.8, 4) is 12.1 Å². The molecule has 0 aromatic heterocycles. The van der Waals surface area contributed by atoms with Gasteiger partial charge in [0.25, 0.3) is 0 Å². The highest BCUT2D eigenvalue weighted by molar-refractivity contribution is 4.91. The molecular formula is C7H11N3O. The lowest BCUT2D eigenvalue weighted by molar-refractivity contribution is 0.195. The number of aliphatic hydroxyl groups is 1. The average molecular weight is 153 g/mol. The Kier molecular flexibility index (Phi) is 5.10. The first kappa shape index (κ1) is 9.90. The standard InChI is InChI=1S/C7H11N3O/c1-7(6-9)10(3-2-8)4-5-11/h7,11H,3-5H2,1H3. The van der Waals surface area contributed by atoms with E-state index >= 15 is 0 Å². The van der Waals surface area contributed by atoms with Gasteiger partial charge in [0.2, 0.25) is 0 Å². The van der Waals surface area contributed by atoms with Crippen LogP contribution in [0.25, 0.3) is 0 Å². The van der Waals surface area contributed by atoms with Gasteiger partial charge in [0, 0.05) is 6.54 Å². The monoisotopic (exact) mass is 153 g/mol. The Labute approximate surface area is 66.3 Å². The van der Waals surface area contributed by atoms with Gasteiger partial charge in [0.05, 0.1) is 31.3 Å². The molecule has 0 aliphatic rings. The van der Waals surface area contributed by atoms with Crippen molar-refractivity contribution in [1.29, 1.82) is 10.5 Å². The Hall–Kier alpha value is -1.10. The van der Waals surface area contributed by atoms with Gasteiger partial charge in [0.1, 0.15) is 0 Å². The summed E-state index contributed by atoms with van der Waals surface area (Å²) in [6.07, 6.45) is 0. The van der Waals surface area contributed by atoms with Crippen LogP contribution in [-0.2, 0) is 0 Å². The molecule has 0 aromatic carbocycles. The highest BCUT2D eigenvalue weighted by atomic mass is 16.3. The van der Waals surface area contributed by atoms with Gasteiger partial charge in [-0.05, 0) is 6.92 Å². The summed E-state index contributed by atoms with van der Waals surface area (Å²) >= 11 is 0. The van der Waals surface area contributed by atoms with Crippen LogP contribution >= 0.6 is 0 Å². The lowest BCUT2D eigenvalue weighted by Crippen LogP contribution is -2.34. The highest BCUT2D eigenvalue weighted by Crippen LogP contribution is 1.94. The van der Waals surface area contributed by atoms with E-state index < -0.39 is 0 Å². The second kappa shape index (κ2) is 5.67. The summed E-state index contributed by atoms with van der Waals surface area (Å²) < 4.78 is 0. The molecule has 0 spiro atoms. The van der Waals surface area contributed by atoms with Crippen molar-refractivity contribution in [1.82, 2.24) is 4.90 Å². The third-order valence-corrected chi connectivity index (χ3v) is 1.40. The largest absolute Gasteiger partial charge is 0.395 e. The molecule has 1 atom stereocenters. The van der Waals surface area contributed by atoms with Gasteiger partial charge < -0.3 is 5.11 Å². The normalized spacial score (nSPS) is 12.1. The van der Waals surface area contributed by atoms with E-state index in [1.807, 2.05) is 12.1 Å². The molecule has 0 saturated carbocycles. The Bertz CT molecular complexity index is 179. The van der Waals surface area contributed by atoms with Gasteiger partial charge >= 0.3 is 0 Å². The lowest BCUT2D eigenvalue weighted by atomic mass is 10.3. The first-order valence-corrected chi connectivity index (χ1v) is 3.37. The van der Waals surface area contributed by atoms with Gasteiger partial charge in [-0.25, -0.2) is 0 Å². The molecule has 0 heterocycles. The minimum Gasteiger partial charge on any atom is -0.395 e. The quantitative estimate of drug-likeness (QED) is 0.564. The Morgan fingerprint density at radius 2 is 2.18 bits per heavy atom. The third kappa shape index (κ3) is 3.57. The van der Waals surface area contributed by atoms with Crippen molar-refractivity contribution in [2.24, 2.45) is 0 Å². The topological polar surface area (TPSA) is 71.0 Å². The molecule has 0 saturated heterocycles. The van der Waals surface area contributed by atoms with Crippen LogP contribution in [0.5, 0.6) is 0 Å². The first-order chi connectivity index (χ1) is 5.26. The highest BCUT2D eigenvalue weighted by Gasteiger charge is 2.10. The predicted octanol–water partition coefficient (Wildman–Crippen LogP) is -0.284. The Balaban J connectivity index is 3.91. The summed E-state index contributed by atoms with van der Waals surface area (Å²) in [6, 6.07) is 3.63. The zero-order chi connectivity index (χ0) is 8.69. The molecular weight excluding hydrogens is 142 g/mol. The number of hydrogen-bond acceptors (Lipinski definition) is 4. The van der Waals surface area contributed by atoms with E-state index in [1.165, 1.54) is 0 Å². The van der Waals surface area contributed by atoms with Gasteiger partial charge in [0.15, 0.2) is 0 Å². The van der Waals surface area contributed by atoms with Crippen LogP contribution in [0.15, 0.2) is 0 Å². The van der Waals surface area contributed by atoms with Crippen LogP contribution in [-0.4, -0.2) is 35.7 Å². The molecule has 0 aromatic rings. The van der Waals surface area contributed by atoms with Crippen molar-refractivity contribution in [3.05, 3.63) is 0 Å². The maximum Gasteiger partial charge on any atom is 0.0958 e. The average Bonchev–Trinajstić information content (AvgIpc) is 2.03. The number of hydrogen-bond donors (Lipinski definition) is 1. The summed E-state index contributed by atoms with van der Waals surface area (Å²) in [6.45, 7) is 2.25. The summed E-state index contributed by atoms with van der Waals surface area (Å²) in [5.41, 5.74) is 0. The second-order valence-corrected chi connectivity index (χ2v) is 2.16. The maximum atomic E-state index is 8.55. The molecule has 1 N–H and O–H groups in total. The minimum atomic E-state index is -0.304. The predicted molar refractivity (Wildman–Crippen MR) is 39.3 cm³/mol. The third-order valence-electron chi connectivity index (χ3n) is 1.40. The number of nitriles is 2. The lowest BCUT2D eigenvalue weighted by Gasteiger charge is -2.19. The van der Waals surface area contributed by atoms with Crippen molar-refractivity contribution < 1.29 is 5.11 Å². The molecule has 1 unspecified atom stereocenters. The summed E-state index contributed by atoms with van der Waals surface area (Å²) in [7, 11) is 0. The van der Waals surface area contributed by atoms with Crippen LogP contribution in [0.2, 0.25) is 0 Å². The van der Waals surface area contributed by atoms with E-state index in [2.05, 4.69) is 0 Å². The molecule has 0 aliphatic heterocycles. The van der Waals surface area contributed by atoms with Crippen LogP contribution in [0.4, 0.5) is 0 Å². The van der Waals surface area contributed by atoms with Gasteiger partial charge in [-0.2, -0.15) is 10.5 Å². The van der Waals surface area contributed by atoms with Crippen molar-refractivity contribution in [2.75, 3.05) is 19.7 Å². The minimum absolute atomic E-state index is 0.0201. The fourth-order valence-electron chi connectivity index (χ4n) is 0.711. The van der Waals surface area contributed by atoms with E-state index in [9.17, 15) is 0 Å². The van der Waals surface area contributed by atoms with Crippen LogP contribution in [0.3, 0.4) is 0 Å². The number of rotatable bonds is 4. The summed E-state index contributed by atoms with van der Waals surface area (Å²) in [4.78, 5) is 1.61. The number of aliphatic hydroxyl groups excluding tert-OH is 1. The second-order valence-electron chi connectivity index (χ2n) is 2.16. The molecule has 0 radical (unpaired) electrons. The Morgan fingerprint density at radius 1 is 1.55 bits per heavy atom. The van der Waals surface area contributed by atoms with Crippen molar-refractivity contribution in [2.45, 2.75) is 13.0 Å². The molecule has 60 valence electrons. The Morgan fingerprint density at radius 3 is 2.55 bits per heavy atom. The molecule has 4 nitrogen and oxygen atoms in total. The zero-order valence-electron chi connectivity index (χ0n) is 6.49. The fourth-order valence-corrected chi connectivity index (χ4v) is 0.711. The molecule has 11 heavy (non-hydrogen) atoms. The van der Waals surface area contributed by atoms with E-state index in [0.29, 0.717) is 6.54 Å². The molecule has 4 heteroatoms. The number of nitrogens with zero attached hydrogens (tertiary/aromatic N) is 3. The van der Waals surface area contributed by atoms with Gasteiger partial charge in [-0.3, -0.25) is 4.90 Å².